The minimum atomic E-state index is -0.603. The molecule has 0 spiro atoms. The van der Waals surface area contributed by atoms with Gasteiger partial charge in [0.25, 0.3) is 5.91 Å². The molecule has 7 heteroatoms. The Labute approximate surface area is 198 Å². The van der Waals surface area contributed by atoms with Crippen LogP contribution >= 0.6 is 11.8 Å². The molecule has 2 aliphatic heterocycles. The maximum Gasteiger partial charge on any atom is 0.263 e. The van der Waals surface area contributed by atoms with Crippen molar-refractivity contribution in [2.45, 2.75) is 62.8 Å². The van der Waals surface area contributed by atoms with Crippen molar-refractivity contribution >= 4 is 40.3 Å². The lowest BCUT2D eigenvalue weighted by molar-refractivity contribution is -0.125. The van der Waals surface area contributed by atoms with Crippen molar-refractivity contribution in [3.8, 4) is 0 Å². The molecule has 3 aliphatic rings. The molecule has 2 amide bonds. The molecule has 2 aromatic rings. The van der Waals surface area contributed by atoms with Gasteiger partial charge in [-0.15, -0.1) is 0 Å². The molecule has 5 rings (SSSR count). The molecule has 1 saturated carbocycles. The van der Waals surface area contributed by atoms with Gasteiger partial charge in [-0.3, -0.25) is 9.59 Å². The number of rotatable bonds is 5. The second-order valence-electron chi connectivity index (χ2n) is 8.71. The van der Waals surface area contributed by atoms with E-state index in [9.17, 15) is 9.59 Å². The van der Waals surface area contributed by atoms with E-state index in [0.29, 0.717) is 17.4 Å². The van der Waals surface area contributed by atoms with Gasteiger partial charge in [0.05, 0.1) is 10.9 Å². The van der Waals surface area contributed by atoms with E-state index in [4.69, 9.17) is 9.98 Å². The summed E-state index contributed by atoms with van der Waals surface area (Å²) < 4.78 is 0. The summed E-state index contributed by atoms with van der Waals surface area (Å²) in [6.45, 7) is 2.00. The van der Waals surface area contributed by atoms with E-state index in [1.54, 1.807) is 4.90 Å². The molecular weight excluding hydrogens is 432 g/mol. The number of thioether (sulfide) groups is 1. The van der Waals surface area contributed by atoms with Gasteiger partial charge in [-0.1, -0.05) is 80.4 Å². The third-order valence-electron chi connectivity index (χ3n) is 6.45. The Morgan fingerprint density at radius 3 is 2.58 bits per heavy atom. The van der Waals surface area contributed by atoms with Gasteiger partial charge in [-0.05, 0) is 37.0 Å². The van der Waals surface area contributed by atoms with Crippen molar-refractivity contribution in [3.05, 3.63) is 65.7 Å². The predicted molar refractivity (Wildman–Crippen MR) is 133 cm³/mol. The van der Waals surface area contributed by atoms with Crippen molar-refractivity contribution in [2.75, 3.05) is 0 Å². The first kappa shape index (κ1) is 21.9. The summed E-state index contributed by atoms with van der Waals surface area (Å²) in [5.74, 6) is 0.518. The fourth-order valence-corrected chi connectivity index (χ4v) is 5.70. The average Bonchev–Trinajstić information content (AvgIpc) is 3.21. The van der Waals surface area contributed by atoms with E-state index in [-0.39, 0.29) is 23.1 Å². The molecule has 0 bridgehead atoms. The summed E-state index contributed by atoms with van der Waals surface area (Å²) in [6.07, 6.45) is 6.32. The molecule has 1 fully saturated rings. The van der Waals surface area contributed by atoms with Crippen LogP contribution in [0, 0.1) is 0 Å². The van der Waals surface area contributed by atoms with Crippen molar-refractivity contribution in [2.24, 2.45) is 9.98 Å². The molecule has 0 aromatic heterocycles. The maximum absolute atomic E-state index is 13.5. The van der Waals surface area contributed by atoms with Crippen LogP contribution in [0.25, 0.3) is 0 Å². The van der Waals surface area contributed by atoms with Crippen LogP contribution in [0.1, 0.15) is 62.6 Å². The van der Waals surface area contributed by atoms with Gasteiger partial charge in [0.1, 0.15) is 5.84 Å². The van der Waals surface area contributed by atoms with Gasteiger partial charge in [0.2, 0.25) is 5.91 Å². The Bertz CT molecular complexity index is 1110. The molecule has 1 aliphatic carbocycles. The fourth-order valence-electron chi connectivity index (χ4n) is 4.67. The minimum Gasteiger partial charge on any atom is -0.352 e. The Morgan fingerprint density at radius 2 is 1.82 bits per heavy atom. The van der Waals surface area contributed by atoms with Crippen LogP contribution in [-0.4, -0.2) is 39.0 Å². The summed E-state index contributed by atoms with van der Waals surface area (Å²) >= 11 is 1.37. The van der Waals surface area contributed by atoms with Crippen LogP contribution in [0.3, 0.4) is 0 Å². The lowest BCUT2D eigenvalue weighted by Gasteiger charge is -2.29. The van der Waals surface area contributed by atoms with E-state index < -0.39 is 6.04 Å². The minimum absolute atomic E-state index is 0.0284. The summed E-state index contributed by atoms with van der Waals surface area (Å²) in [6, 6.07) is 17.0. The summed E-state index contributed by atoms with van der Waals surface area (Å²) in [7, 11) is 0. The van der Waals surface area contributed by atoms with E-state index in [2.05, 4.69) is 5.32 Å². The second-order valence-corrected chi connectivity index (χ2v) is 9.88. The van der Waals surface area contributed by atoms with Gasteiger partial charge < -0.3 is 5.32 Å². The quantitative estimate of drug-likeness (QED) is 0.684. The first-order valence-electron chi connectivity index (χ1n) is 11.8. The number of amidine groups is 2. The lowest BCUT2D eigenvalue weighted by Crippen LogP contribution is -2.44. The van der Waals surface area contributed by atoms with Crippen LogP contribution in [-0.2, 0) is 9.59 Å². The maximum atomic E-state index is 13.5. The Kier molecular flexibility index (Phi) is 6.31. The molecule has 170 valence electrons. The smallest absolute Gasteiger partial charge is 0.263 e. The van der Waals surface area contributed by atoms with Gasteiger partial charge in [-0.2, -0.15) is 0 Å². The first-order valence-corrected chi connectivity index (χ1v) is 12.7. The largest absolute Gasteiger partial charge is 0.352 e. The number of nitrogens with zero attached hydrogens (tertiary/aromatic N) is 3. The number of hydrogen-bond acceptors (Lipinski definition) is 5. The molecule has 0 radical (unpaired) electrons. The van der Waals surface area contributed by atoms with Gasteiger partial charge in [0, 0.05) is 11.6 Å². The molecule has 0 saturated heterocycles. The van der Waals surface area contributed by atoms with Gasteiger partial charge >= 0.3 is 0 Å². The number of hydrogen-bond donors (Lipinski definition) is 1. The zero-order valence-corrected chi connectivity index (χ0v) is 19.6. The molecular formula is C26H28N4O2S. The molecule has 1 N–H and O–H groups in total. The van der Waals surface area contributed by atoms with E-state index >= 15 is 0 Å². The highest BCUT2D eigenvalue weighted by Crippen LogP contribution is 2.38. The number of aliphatic imine (C=N–C) groups is 2. The first-order chi connectivity index (χ1) is 16.2. The SMILES string of the molecule is CC[C@H](SC1=Nc2ccccc2C2=N[C@H](c3ccccc3)C(=O)N12)C(=O)NC1CCCCC1. The fraction of sp³-hybridized carbons (Fsp3) is 0.385. The van der Waals surface area contributed by atoms with E-state index in [0.717, 1.165) is 29.7 Å². The number of nitrogens with one attached hydrogen (secondary N) is 1. The van der Waals surface area contributed by atoms with Gasteiger partial charge in [-0.25, -0.2) is 14.9 Å². The number of para-hydroxylation sites is 1. The number of fused-ring (bicyclic) bond motifs is 3. The molecule has 2 heterocycles. The van der Waals surface area contributed by atoms with Crippen molar-refractivity contribution in [3.63, 3.8) is 0 Å². The van der Waals surface area contributed by atoms with Crippen LogP contribution in [0.15, 0.2) is 64.6 Å². The highest BCUT2D eigenvalue weighted by atomic mass is 32.2. The van der Waals surface area contributed by atoms with Gasteiger partial charge in [0.15, 0.2) is 11.2 Å². The van der Waals surface area contributed by atoms with Crippen LogP contribution < -0.4 is 5.32 Å². The summed E-state index contributed by atoms with van der Waals surface area (Å²) in [4.78, 5) is 37.9. The topological polar surface area (TPSA) is 74.1 Å². The molecule has 0 unspecified atom stereocenters. The van der Waals surface area contributed by atoms with Crippen molar-refractivity contribution in [1.82, 2.24) is 10.2 Å². The van der Waals surface area contributed by atoms with Crippen LogP contribution in [0.5, 0.6) is 0 Å². The van der Waals surface area contributed by atoms with Crippen molar-refractivity contribution in [1.29, 1.82) is 0 Å². The predicted octanol–water partition coefficient (Wildman–Crippen LogP) is 4.98. The Morgan fingerprint density at radius 1 is 1.09 bits per heavy atom. The third kappa shape index (κ3) is 4.34. The second kappa shape index (κ2) is 9.51. The number of benzene rings is 2. The Balaban J connectivity index is 1.43. The van der Waals surface area contributed by atoms with Crippen molar-refractivity contribution < 1.29 is 9.59 Å². The standard InChI is InChI=1S/C26H28N4O2S/c1-2-21(24(31)27-18-13-7-4-8-14-18)33-26-28-20-16-10-9-15-19(20)23-29-22(25(32)30(23)26)17-11-5-3-6-12-17/h3,5-6,9-12,15-16,18,21-22H,2,4,7-8,13-14H2,1H3,(H,27,31)/t21-,22+/m0/s1. The Hall–Kier alpha value is -2.93. The molecule has 6 nitrogen and oxygen atoms in total. The zero-order valence-electron chi connectivity index (χ0n) is 18.7. The van der Waals surface area contributed by atoms with E-state index in [1.807, 2.05) is 61.5 Å². The normalized spacial score (nSPS) is 21.1. The molecule has 33 heavy (non-hydrogen) atoms. The third-order valence-corrected chi connectivity index (χ3v) is 7.76. The highest BCUT2D eigenvalue weighted by molar-refractivity contribution is 8.15. The number of carbonyl (C=O) groups is 2. The summed E-state index contributed by atoms with van der Waals surface area (Å²) in [5, 5.41) is 3.45. The summed E-state index contributed by atoms with van der Waals surface area (Å²) in [5.41, 5.74) is 2.47. The molecule has 2 atom stereocenters. The average molecular weight is 461 g/mol. The number of carbonyl (C=O) groups excluding carboxylic acids is 2. The highest BCUT2D eigenvalue weighted by Gasteiger charge is 2.43. The zero-order chi connectivity index (χ0) is 22.8. The van der Waals surface area contributed by atoms with Crippen LogP contribution in [0.2, 0.25) is 0 Å². The van der Waals surface area contributed by atoms with E-state index in [1.165, 1.54) is 31.0 Å². The molecule has 2 aromatic carbocycles. The van der Waals surface area contributed by atoms with Crippen LogP contribution in [0.4, 0.5) is 5.69 Å². The monoisotopic (exact) mass is 460 g/mol. The number of amides is 2. The lowest BCUT2D eigenvalue weighted by atomic mass is 9.95.